The molecule has 1 aliphatic carbocycles. The first-order chi connectivity index (χ1) is 12.0. The summed E-state index contributed by atoms with van der Waals surface area (Å²) in [7, 11) is 0. The molecule has 1 unspecified atom stereocenters. The predicted molar refractivity (Wildman–Crippen MR) is 90.7 cm³/mol. The summed E-state index contributed by atoms with van der Waals surface area (Å²) in [5.41, 5.74) is 2.81. The van der Waals surface area contributed by atoms with Crippen LogP contribution in [0.4, 0.5) is 13.2 Å². The van der Waals surface area contributed by atoms with Crippen molar-refractivity contribution in [2.45, 2.75) is 45.4 Å². The number of nitriles is 1. The number of aryl methyl sites for hydroxylation is 2. The van der Waals surface area contributed by atoms with Gasteiger partial charge in [0.15, 0.2) is 0 Å². The van der Waals surface area contributed by atoms with Crippen molar-refractivity contribution in [2.24, 2.45) is 5.92 Å². The number of hydrogen-bond acceptors (Lipinski definition) is 1. The smallest absolute Gasteiger partial charge is 0.141 e. The molecule has 1 aliphatic rings. The number of nitrogens with zero attached hydrogens (tertiary/aromatic N) is 1. The average Bonchev–Trinajstić information content (AvgIpc) is 2.60. The van der Waals surface area contributed by atoms with Gasteiger partial charge in [0.2, 0.25) is 0 Å². The van der Waals surface area contributed by atoms with Crippen molar-refractivity contribution in [3.05, 3.63) is 69.5 Å². The van der Waals surface area contributed by atoms with Crippen LogP contribution in [0, 0.1) is 34.7 Å². The lowest BCUT2D eigenvalue weighted by Gasteiger charge is -2.25. The summed E-state index contributed by atoms with van der Waals surface area (Å²) >= 11 is 0. The highest BCUT2D eigenvalue weighted by Gasteiger charge is 2.22. The molecule has 0 aliphatic heterocycles. The minimum atomic E-state index is -0.492. The van der Waals surface area contributed by atoms with Gasteiger partial charge in [-0.25, -0.2) is 13.2 Å². The lowest BCUT2D eigenvalue weighted by molar-refractivity contribution is 0.417. The van der Waals surface area contributed by atoms with Crippen molar-refractivity contribution in [3.8, 4) is 6.07 Å². The second kappa shape index (κ2) is 7.31. The maximum Gasteiger partial charge on any atom is 0.141 e. The van der Waals surface area contributed by atoms with E-state index in [9.17, 15) is 13.2 Å². The average molecular weight is 343 g/mol. The molecule has 0 N–H and O–H groups in total. The molecule has 2 aromatic rings. The summed E-state index contributed by atoms with van der Waals surface area (Å²) in [6, 6.07) is 7.76. The van der Waals surface area contributed by atoms with Crippen molar-refractivity contribution >= 4 is 0 Å². The third-order valence-corrected chi connectivity index (χ3v) is 5.15. The van der Waals surface area contributed by atoms with E-state index in [2.05, 4.69) is 0 Å². The summed E-state index contributed by atoms with van der Waals surface area (Å²) in [5.74, 6) is -1.17. The lowest BCUT2D eigenvalue weighted by Crippen LogP contribution is -2.16. The van der Waals surface area contributed by atoms with Crippen molar-refractivity contribution in [1.29, 1.82) is 5.26 Å². The Bertz CT molecular complexity index is 813. The summed E-state index contributed by atoms with van der Waals surface area (Å²) < 4.78 is 42.0. The molecule has 0 heterocycles. The molecule has 0 bridgehead atoms. The van der Waals surface area contributed by atoms with Gasteiger partial charge in [-0.1, -0.05) is 6.92 Å². The Morgan fingerprint density at radius 1 is 1.04 bits per heavy atom. The fraction of sp³-hybridized carbons (Fsp3) is 0.381. The van der Waals surface area contributed by atoms with E-state index >= 15 is 0 Å². The van der Waals surface area contributed by atoms with E-state index < -0.39 is 17.5 Å². The highest BCUT2D eigenvalue weighted by atomic mass is 19.1. The zero-order chi connectivity index (χ0) is 18.0. The van der Waals surface area contributed by atoms with Gasteiger partial charge >= 0.3 is 0 Å². The van der Waals surface area contributed by atoms with Crippen LogP contribution in [0.3, 0.4) is 0 Å². The van der Waals surface area contributed by atoms with E-state index in [1.165, 1.54) is 18.2 Å². The third kappa shape index (κ3) is 3.71. The molecule has 2 aromatic carbocycles. The number of halogens is 3. The van der Waals surface area contributed by atoms with Crippen LogP contribution >= 0.6 is 0 Å². The van der Waals surface area contributed by atoms with Crippen molar-refractivity contribution in [3.63, 3.8) is 0 Å². The molecule has 0 fully saturated rings. The summed E-state index contributed by atoms with van der Waals surface area (Å²) in [6.45, 7) is 1.87. The van der Waals surface area contributed by atoms with Gasteiger partial charge in [0.05, 0.1) is 5.56 Å². The van der Waals surface area contributed by atoms with Crippen LogP contribution < -0.4 is 0 Å². The molecule has 0 aromatic heterocycles. The Morgan fingerprint density at radius 2 is 1.76 bits per heavy atom. The fourth-order valence-corrected chi connectivity index (χ4v) is 3.63. The summed E-state index contributed by atoms with van der Waals surface area (Å²) in [6.07, 6.45) is 3.97. The molecule has 130 valence electrons. The van der Waals surface area contributed by atoms with Crippen LogP contribution in [0.25, 0.3) is 0 Å². The van der Waals surface area contributed by atoms with Gasteiger partial charge in [-0.15, -0.1) is 0 Å². The molecular weight excluding hydrogens is 323 g/mol. The largest absolute Gasteiger partial charge is 0.207 e. The Kier molecular flexibility index (Phi) is 5.13. The van der Waals surface area contributed by atoms with Crippen molar-refractivity contribution < 1.29 is 13.2 Å². The van der Waals surface area contributed by atoms with Gasteiger partial charge in [-0.2, -0.15) is 5.26 Å². The van der Waals surface area contributed by atoms with Crippen molar-refractivity contribution in [1.82, 2.24) is 0 Å². The van der Waals surface area contributed by atoms with Gasteiger partial charge < -0.3 is 0 Å². The Labute approximate surface area is 146 Å². The van der Waals surface area contributed by atoms with Gasteiger partial charge in [-0.3, -0.25) is 0 Å². The molecule has 4 heteroatoms. The molecule has 0 saturated heterocycles. The minimum Gasteiger partial charge on any atom is -0.207 e. The van der Waals surface area contributed by atoms with Gasteiger partial charge in [-0.05, 0) is 85.4 Å². The molecule has 3 rings (SSSR count). The number of benzene rings is 2. The molecule has 0 radical (unpaired) electrons. The molecule has 0 spiro atoms. The molecular formula is C21H20F3N. The molecule has 1 atom stereocenters. The van der Waals surface area contributed by atoms with Gasteiger partial charge in [0.25, 0.3) is 0 Å². The minimum absolute atomic E-state index is 0.0809. The lowest BCUT2D eigenvalue weighted by atomic mass is 9.80. The standard InChI is InChI=1S/C21H20F3N/c1-2-13-8-20(23)18(21(24)9-13)6-4-14-3-5-15-10-17(12-25)19(22)11-16(15)7-14/h8-11,14H,2-7H2,1H3. The topological polar surface area (TPSA) is 23.8 Å². The predicted octanol–water partition coefficient (Wildman–Crippen LogP) is 5.28. The fourth-order valence-electron chi connectivity index (χ4n) is 3.63. The van der Waals surface area contributed by atoms with Crippen LogP contribution in [0.5, 0.6) is 0 Å². The second-order valence-corrected chi connectivity index (χ2v) is 6.75. The Morgan fingerprint density at radius 3 is 2.40 bits per heavy atom. The van der Waals surface area contributed by atoms with Crippen LogP contribution in [0.2, 0.25) is 0 Å². The highest BCUT2D eigenvalue weighted by Crippen LogP contribution is 2.31. The first kappa shape index (κ1) is 17.5. The van der Waals surface area contributed by atoms with E-state index in [0.717, 1.165) is 24.0 Å². The quantitative estimate of drug-likeness (QED) is 0.741. The van der Waals surface area contributed by atoms with E-state index in [1.54, 1.807) is 6.07 Å². The van der Waals surface area contributed by atoms with Gasteiger partial charge in [0.1, 0.15) is 23.5 Å². The zero-order valence-electron chi connectivity index (χ0n) is 14.2. The normalized spacial score (nSPS) is 16.4. The number of rotatable bonds is 4. The van der Waals surface area contributed by atoms with Crippen LogP contribution in [-0.4, -0.2) is 0 Å². The van der Waals surface area contributed by atoms with Crippen LogP contribution in [0.15, 0.2) is 24.3 Å². The van der Waals surface area contributed by atoms with E-state index in [-0.39, 0.29) is 17.0 Å². The maximum absolute atomic E-state index is 14.1. The van der Waals surface area contributed by atoms with Crippen molar-refractivity contribution in [2.75, 3.05) is 0 Å². The second-order valence-electron chi connectivity index (χ2n) is 6.75. The highest BCUT2D eigenvalue weighted by molar-refractivity contribution is 5.41. The first-order valence-corrected chi connectivity index (χ1v) is 8.70. The summed E-state index contributed by atoms with van der Waals surface area (Å²) in [5, 5.41) is 8.91. The zero-order valence-corrected chi connectivity index (χ0v) is 14.2. The van der Waals surface area contributed by atoms with Crippen LogP contribution in [-0.2, 0) is 25.7 Å². The molecule has 0 saturated carbocycles. The number of fused-ring (bicyclic) bond motifs is 1. The molecule has 1 nitrogen and oxygen atoms in total. The van der Waals surface area contributed by atoms with E-state index in [0.29, 0.717) is 31.2 Å². The Hall–Kier alpha value is -2.28. The maximum atomic E-state index is 14.1. The van der Waals surface area contributed by atoms with E-state index in [1.807, 2.05) is 13.0 Å². The summed E-state index contributed by atoms with van der Waals surface area (Å²) in [4.78, 5) is 0. The van der Waals surface area contributed by atoms with Gasteiger partial charge in [0, 0.05) is 5.56 Å². The SMILES string of the molecule is CCc1cc(F)c(CCC2CCc3cc(C#N)c(F)cc3C2)c(F)c1. The first-order valence-electron chi connectivity index (χ1n) is 8.70. The number of hydrogen-bond donors (Lipinski definition) is 0. The molecule has 0 amide bonds. The Balaban J connectivity index is 1.70. The molecule has 25 heavy (non-hydrogen) atoms. The van der Waals surface area contributed by atoms with E-state index in [4.69, 9.17) is 5.26 Å². The van der Waals surface area contributed by atoms with Crippen LogP contribution in [0.1, 0.15) is 47.6 Å². The third-order valence-electron chi connectivity index (χ3n) is 5.15. The monoisotopic (exact) mass is 343 g/mol.